The van der Waals surface area contributed by atoms with Crippen molar-refractivity contribution in [2.24, 2.45) is 5.92 Å². The van der Waals surface area contributed by atoms with Crippen molar-refractivity contribution >= 4 is 72.4 Å². The Morgan fingerprint density at radius 1 is 0.861 bits per heavy atom. The normalized spacial score (nSPS) is 14.4. The summed E-state index contributed by atoms with van der Waals surface area (Å²) in [7, 11) is -9.30. The first-order valence-electron chi connectivity index (χ1n) is 23.1. The third-order valence-electron chi connectivity index (χ3n) is 12.2. The first-order valence-corrected chi connectivity index (χ1v) is 27.5. The number of rotatable bonds is 24. The van der Waals surface area contributed by atoms with Crippen molar-refractivity contribution in [3.05, 3.63) is 137 Å². The molecule has 5 aromatic carbocycles. The van der Waals surface area contributed by atoms with E-state index in [9.17, 15) is 49.5 Å². The molecule has 6 rings (SSSR count). The van der Waals surface area contributed by atoms with E-state index in [1.54, 1.807) is 31.3 Å². The number of anilines is 2. The molecule has 386 valence electrons. The first-order chi connectivity index (χ1) is 34.2. The summed E-state index contributed by atoms with van der Waals surface area (Å²) < 4.78 is 103. The van der Waals surface area contributed by atoms with Crippen molar-refractivity contribution in [3.63, 3.8) is 0 Å². The van der Waals surface area contributed by atoms with E-state index in [4.69, 9.17) is 21.4 Å². The maximum absolute atomic E-state index is 14.3. The van der Waals surface area contributed by atoms with Gasteiger partial charge in [0, 0.05) is 65.4 Å². The van der Waals surface area contributed by atoms with Crippen LogP contribution in [0.25, 0.3) is 11.1 Å². The Morgan fingerprint density at radius 2 is 1.53 bits per heavy atom. The lowest BCUT2D eigenvalue weighted by Crippen LogP contribution is -2.36. The van der Waals surface area contributed by atoms with Gasteiger partial charge in [-0.25, -0.2) is 21.6 Å². The van der Waals surface area contributed by atoms with Gasteiger partial charge >= 0.3 is 17.4 Å². The molecule has 5 aromatic rings. The quantitative estimate of drug-likeness (QED) is 0.0336. The van der Waals surface area contributed by atoms with E-state index >= 15 is 0 Å². The average Bonchev–Trinajstić information content (AvgIpc) is 3.35. The number of likely N-dealkylation sites (N-methyl/N-ethyl adjacent to an activating group) is 1. The highest BCUT2D eigenvalue weighted by Gasteiger charge is 2.48. The van der Waals surface area contributed by atoms with E-state index in [2.05, 4.69) is 10.2 Å². The number of sulfonamides is 1. The van der Waals surface area contributed by atoms with E-state index < -0.39 is 70.8 Å². The van der Waals surface area contributed by atoms with Crippen LogP contribution in [0.3, 0.4) is 0 Å². The predicted octanol–water partition coefficient (Wildman–Crippen LogP) is 9.45. The minimum Gasteiger partial charge on any atom is -0.481 e. The smallest absolute Gasteiger partial charge is 0.481 e. The van der Waals surface area contributed by atoms with Crippen LogP contribution in [-0.2, 0) is 34.2 Å². The number of sulfone groups is 1. The summed E-state index contributed by atoms with van der Waals surface area (Å²) >= 11 is 7.47. The SMILES string of the molecule is CN(CCC[C@H](CSc1ccccc1)Nc1ccc(S(=O)(=O)NC(=O)c2ccc(N3CCC([C@@H](O)c4ccccc4-c4ccc(Cl)cc4)CC3)cc2)cc1S(=O)(=O)C(F)(F)F)CCOC(=O)CCCC(=O)O. The number of piperidine rings is 1. The number of nitrogens with one attached hydrogen (secondary N) is 2. The zero-order chi connectivity index (χ0) is 52.1. The number of aliphatic hydroxyl groups is 1. The molecule has 14 nitrogen and oxygen atoms in total. The van der Waals surface area contributed by atoms with Crippen molar-refractivity contribution in [3.8, 4) is 11.1 Å². The Bertz CT molecular complexity index is 2860. The van der Waals surface area contributed by atoms with Crippen LogP contribution >= 0.6 is 23.4 Å². The summed E-state index contributed by atoms with van der Waals surface area (Å²) in [4.78, 5) is 38.5. The highest BCUT2D eigenvalue weighted by atomic mass is 35.5. The van der Waals surface area contributed by atoms with Crippen LogP contribution in [0.15, 0.2) is 136 Å². The maximum atomic E-state index is 14.3. The predicted molar refractivity (Wildman–Crippen MR) is 271 cm³/mol. The second-order valence-corrected chi connectivity index (χ2v) is 22.5. The molecule has 0 unspecified atom stereocenters. The molecule has 2 atom stereocenters. The average molecular weight is 1070 g/mol. The molecule has 1 amide bonds. The van der Waals surface area contributed by atoms with Crippen LogP contribution in [0.1, 0.15) is 67.0 Å². The molecule has 0 aliphatic carbocycles. The molecule has 1 fully saturated rings. The van der Waals surface area contributed by atoms with Crippen LogP contribution in [0.4, 0.5) is 24.5 Å². The van der Waals surface area contributed by atoms with Crippen LogP contribution in [0.5, 0.6) is 0 Å². The van der Waals surface area contributed by atoms with Gasteiger partial charge in [-0.05, 0) is 135 Å². The topological polar surface area (TPSA) is 200 Å². The van der Waals surface area contributed by atoms with Crippen molar-refractivity contribution in [1.29, 1.82) is 0 Å². The number of aliphatic carboxylic acids is 1. The highest BCUT2D eigenvalue weighted by Crippen LogP contribution is 2.39. The number of hydrogen-bond donors (Lipinski definition) is 4. The molecule has 1 aliphatic heterocycles. The number of nitrogens with zero attached hydrogens (tertiary/aromatic N) is 2. The zero-order valence-corrected chi connectivity index (χ0v) is 42.5. The van der Waals surface area contributed by atoms with Gasteiger partial charge in [0.1, 0.15) is 11.5 Å². The van der Waals surface area contributed by atoms with Gasteiger partial charge in [0.2, 0.25) is 0 Å². The number of carboxylic acid groups (broad SMARTS) is 1. The lowest BCUT2D eigenvalue weighted by atomic mass is 9.84. The third-order valence-corrected chi connectivity index (χ3v) is 16.4. The Balaban J connectivity index is 1.10. The number of carbonyl (C=O) groups excluding carboxylic acids is 2. The Labute approximate surface area is 426 Å². The number of aliphatic hydroxyl groups excluding tert-OH is 1. The van der Waals surface area contributed by atoms with Crippen LogP contribution in [0, 0.1) is 5.92 Å². The lowest BCUT2D eigenvalue weighted by Gasteiger charge is -2.36. The Morgan fingerprint density at radius 3 is 2.19 bits per heavy atom. The van der Waals surface area contributed by atoms with Gasteiger partial charge in [0.25, 0.3) is 25.8 Å². The maximum Gasteiger partial charge on any atom is 0.501 e. The summed E-state index contributed by atoms with van der Waals surface area (Å²) in [5.74, 6) is -2.41. The second-order valence-electron chi connectivity index (χ2n) is 17.3. The number of benzene rings is 5. The first kappa shape index (κ1) is 55.7. The minimum atomic E-state index is -6.15. The van der Waals surface area contributed by atoms with Crippen molar-refractivity contribution in [1.82, 2.24) is 9.62 Å². The standard InChI is InChI=1S/C51H56ClF3N4O10S3/c1-58(31-32-69-48(62)15-7-14-47(60)61)28-8-9-39(34-70-41-10-3-2-4-11-41)56-45-25-24-42(33-46(45)71(65,66)51(53,54)55)72(67,68)57-50(64)37-18-22-40(23-19-37)59-29-26-36(27-30-59)49(63)44-13-6-5-12-43(44)35-16-20-38(52)21-17-35/h2-6,10-13,16-25,33,36,39,49,56,63H,7-9,14-15,26-32,34H2,1H3,(H,57,64)(H,60,61)/t39-,49-/m1/s1. The van der Waals surface area contributed by atoms with Gasteiger partial charge in [-0.15, -0.1) is 11.8 Å². The molecule has 4 N–H and O–H groups in total. The zero-order valence-electron chi connectivity index (χ0n) is 39.3. The molecule has 0 bridgehead atoms. The second kappa shape index (κ2) is 25.3. The number of thioether (sulfide) groups is 1. The number of halogens is 4. The molecule has 0 saturated carbocycles. The molecule has 0 radical (unpaired) electrons. The third kappa shape index (κ3) is 15.4. The molecular formula is C51H56ClF3N4O10S3. The van der Waals surface area contributed by atoms with Crippen molar-refractivity contribution < 1.29 is 59.3 Å². The Hall–Kier alpha value is -5.64. The summed E-state index contributed by atoms with van der Waals surface area (Å²) in [5.41, 5.74) is -2.97. The lowest BCUT2D eigenvalue weighted by molar-refractivity contribution is -0.144. The number of amides is 1. The number of carbonyl (C=O) groups is 3. The molecule has 21 heteroatoms. The van der Waals surface area contributed by atoms with Crippen LogP contribution in [0.2, 0.25) is 5.02 Å². The van der Waals surface area contributed by atoms with Gasteiger partial charge in [0.05, 0.1) is 16.7 Å². The van der Waals surface area contributed by atoms with Gasteiger partial charge in [-0.3, -0.25) is 14.4 Å². The number of hydrogen-bond acceptors (Lipinski definition) is 13. The van der Waals surface area contributed by atoms with Gasteiger partial charge in [0.15, 0.2) is 0 Å². The minimum absolute atomic E-state index is 0.0369. The molecule has 1 heterocycles. The van der Waals surface area contributed by atoms with Gasteiger partial charge in [-0.2, -0.15) is 13.2 Å². The monoisotopic (exact) mass is 1070 g/mol. The van der Waals surface area contributed by atoms with E-state index in [-0.39, 0.29) is 43.1 Å². The molecule has 0 aromatic heterocycles. The van der Waals surface area contributed by atoms with E-state index in [0.29, 0.717) is 63.0 Å². The Kier molecular flexibility index (Phi) is 19.6. The van der Waals surface area contributed by atoms with Crippen LogP contribution < -0.4 is 14.9 Å². The van der Waals surface area contributed by atoms with E-state index in [0.717, 1.165) is 39.4 Å². The fourth-order valence-corrected chi connectivity index (χ4v) is 11.3. The van der Waals surface area contributed by atoms with Gasteiger partial charge in [-0.1, -0.05) is 66.2 Å². The molecule has 1 saturated heterocycles. The molecule has 1 aliphatic rings. The summed E-state index contributed by atoms with van der Waals surface area (Å²) in [6, 6.07) is 31.9. The molecule has 72 heavy (non-hydrogen) atoms. The van der Waals surface area contributed by atoms with E-state index in [1.807, 2.05) is 76.4 Å². The molecular weight excluding hydrogens is 1020 g/mol. The van der Waals surface area contributed by atoms with Crippen LogP contribution in [-0.4, -0.2) is 107 Å². The van der Waals surface area contributed by atoms with Crippen molar-refractivity contribution in [2.45, 2.75) is 77.3 Å². The summed E-state index contributed by atoms with van der Waals surface area (Å²) in [6.07, 6.45) is 1.33. The fraction of sp³-hybridized carbons (Fsp3) is 0.353. The highest BCUT2D eigenvalue weighted by molar-refractivity contribution is 7.99. The molecule has 0 spiro atoms. The van der Waals surface area contributed by atoms with Crippen molar-refractivity contribution in [2.75, 3.05) is 55.8 Å². The fourth-order valence-electron chi connectivity index (χ4n) is 8.20. The summed E-state index contributed by atoms with van der Waals surface area (Å²) in [5, 5.41) is 23.8. The van der Waals surface area contributed by atoms with Gasteiger partial charge < -0.3 is 30.1 Å². The van der Waals surface area contributed by atoms with E-state index in [1.165, 1.54) is 23.9 Å². The summed E-state index contributed by atoms with van der Waals surface area (Å²) in [6.45, 7) is 2.01. The number of carboxylic acids is 1. The number of ether oxygens (including phenoxy) is 1. The largest absolute Gasteiger partial charge is 0.501 e. The number of esters is 1. The number of alkyl halides is 3.